The van der Waals surface area contributed by atoms with Gasteiger partial charge < -0.3 is 0 Å². The molecule has 2 rings (SSSR count). The zero-order chi connectivity index (χ0) is 17.0. The zero-order valence-electron chi connectivity index (χ0n) is 13.6. The van der Waals surface area contributed by atoms with E-state index in [1.807, 2.05) is 36.4 Å². The second-order valence-electron chi connectivity index (χ2n) is 4.97. The third-order valence-corrected chi connectivity index (χ3v) is 5.61. The van der Waals surface area contributed by atoms with Crippen molar-refractivity contribution in [2.24, 2.45) is 0 Å². The third-order valence-electron chi connectivity index (χ3n) is 3.14. The summed E-state index contributed by atoms with van der Waals surface area (Å²) in [4.78, 5) is 11.2. The Morgan fingerprint density at radius 3 is 2.46 bits per heavy atom. The quantitative estimate of drug-likeness (QED) is 0.405. The number of ether oxygens (including phenoxy) is 2. The van der Waals surface area contributed by atoms with Crippen LogP contribution in [0.25, 0.3) is 0 Å². The summed E-state index contributed by atoms with van der Waals surface area (Å²) in [6.07, 6.45) is 3.01. The third kappa shape index (κ3) is 6.90. The van der Waals surface area contributed by atoms with Crippen LogP contribution in [0.5, 0.6) is 5.75 Å². The normalized spacial score (nSPS) is 11.9. The molecule has 5 heteroatoms. The van der Waals surface area contributed by atoms with Crippen LogP contribution in [0, 0.1) is 0 Å². The Bertz CT molecular complexity index is 588. The first-order valence-corrected chi connectivity index (χ1v) is 9.71. The number of benzene rings is 2. The van der Waals surface area contributed by atoms with E-state index in [1.54, 1.807) is 6.20 Å². The molecule has 2 aromatic carbocycles. The van der Waals surface area contributed by atoms with Crippen LogP contribution in [0.2, 0.25) is 5.32 Å². The molecule has 0 fully saturated rings. The van der Waals surface area contributed by atoms with Crippen LogP contribution in [0.3, 0.4) is 0 Å². The molecule has 0 saturated carbocycles. The molecule has 2 aromatic rings. The molecule has 0 aliphatic rings. The number of hydrogen-bond acceptors (Lipinski definition) is 4. The van der Waals surface area contributed by atoms with Gasteiger partial charge in [-0.2, -0.15) is 0 Å². The van der Waals surface area contributed by atoms with Gasteiger partial charge in [-0.1, -0.05) is 0 Å². The van der Waals surface area contributed by atoms with Crippen LogP contribution >= 0.6 is 0 Å². The van der Waals surface area contributed by atoms with Gasteiger partial charge in [-0.05, 0) is 0 Å². The molecule has 126 valence electrons. The Balaban J connectivity index is 1.89. The Labute approximate surface area is 149 Å². The molecule has 1 unspecified atom stereocenters. The van der Waals surface area contributed by atoms with Crippen LogP contribution in [0.15, 0.2) is 72.9 Å². The Morgan fingerprint density at radius 2 is 1.79 bits per heavy atom. The second-order valence-corrected chi connectivity index (χ2v) is 7.26. The average Bonchev–Trinajstić information content (AvgIpc) is 2.65. The molecule has 0 aromatic heterocycles. The van der Waals surface area contributed by atoms with Gasteiger partial charge in [-0.15, -0.1) is 0 Å². The van der Waals surface area contributed by atoms with E-state index in [1.165, 1.54) is 17.6 Å². The van der Waals surface area contributed by atoms with Crippen LogP contribution < -0.4 is 14.5 Å². The number of esters is 1. The van der Waals surface area contributed by atoms with Crippen molar-refractivity contribution in [1.29, 1.82) is 0 Å². The minimum atomic E-state index is -0.376. The number of carbonyl (C=O) groups excluding carboxylic acids is 1. The molecule has 4 nitrogen and oxygen atoms in total. The van der Waals surface area contributed by atoms with E-state index in [2.05, 4.69) is 34.3 Å². The first-order chi connectivity index (χ1) is 11.8. The van der Waals surface area contributed by atoms with Crippen LogP contribution in [0.4, 0.5) is 0 Å². The number of nitrogens with one attached hydrogen (secondary N) is 1. The number of rotatable bonds is 9. The van der Waals surface area contributed by atoms with Gasteiger partial charge in [0.05, 0.1) is 0 Å². The summed E-state index contributed by atoms with van der Waals surface area (Å²) in [6.45, 7) is 0.532. The van der Waals surface area contributed by atoms with E-state index >= 15 is 0 Å². The van der Waals surface area contributed by atoms with E-state index in [0.29, 0.717) is 21.6 Å². The monoisotopic (exact) mass is 391 g/mol. The van der Waals surface area contributed by atoms with Gasteiger partial charge in [0, 0.05) is 0 Å². The molecule has 0 bridgehead atoms. The molecular weight excluding hydrogens is 369 g/mol. The van der Waals surface area contributed by atoms with E-state index in [-0.39, 0.29) is 12.0 Å². The van der Waals surface area contributed by atoms with Gasteiger partial charge in [-0.3, -0.25) is 0 Å². The van der Waals surface area contributed by atoms with Crippen molar-refractivity contribution in [3.63, 3.8) is 0 Å². The van der Waals surface area contributed by atoms with Crippen molar-refractivity contribution in [3.8, 4) is 5.75 Å². The van der Waals surface area contributed by atoms with Gasteiger partial charge >= 0.3 is 149 Å². The SMILES string of the molecule is COC(=O)/C=C/NC(COc1ccccc1)C[Se]c1ccccc1. The Hall–Kier alpha value is -2.23. The number of hydrogen-bond donors (Lipinski definition) is 1. The van der Waals surface area contributed by atoms with Crippen molar-refractivity contribution in [2.75, 3.05) is 13.7 Å². The number of carbonyl (C=O) groups is 1. The molecular formula is C19H21NO3Se. The summed E-state index contributed by atoms with van der Waals surface area (Å²) in [6, 6.07) is 20.2. The van der Waals surface area contributed by atoms with Crippen molar-refractivity contribution in [2.45, 2.75) is 11.4 Å². The topological polar surface area (TPSA) is 47.6 Å². The molecule has 0 heterocycles. The molecule has 0 radical (unpaired) electrons. The summed E-state index contributed by atoms with van der Waals surface area (Å²) in [7, 11) is 1.36. The standard InChI is InChI=1S/C19H21NO3Se/c1-22-19(21)12-13-20-16(14-23-17-8-4-2-5-9-17)15-24-18-10-6-3-7-11-18/h2-13,16,20H,14-15H2,1H3/b13-12+. The van der Waals surface area contributed by atoms with Gasteiger partial charge in [0.15, 0.2) is 0 Å². The van der Waals surface area contributed by atoms with Gasteiger partial charge in [0.2, 0.25) is 0 Å². The van der Waals surface area contributed by atoms with Crippen LogP contribution in [-0.2, 0) is 9.53 Å². The number of para-hydroxylation sites is 1. The minimum absolute atomic E-state index is 0.117. The predicted molar refractivity (Wildman–Crippen MR) is 96.7 cm³/mol. The van der Waals surface area contributed by atoms with E-state index in [9.17, 15) is 4.79 Å². The van der Waals surface area contributed by atoms with E-state index in [0.717, 1.165) is 11.1 Å². The number of methoxy groups -OCH3 is 1. The van der Waals surface area contributed by atoms with Crippen molar-refractivity contribution >= 4 is 25.4 Å². The van der Waals surface area contributed by atoms with Crippen LogP contribution in [-0.4, -0.2) is 40.7 Å². The fourth-order valence-electron chi connectivity index (χ4n) is 1.89. The summed E-state index contributed by atoms with van der Waals surface area (Å²) in [5.74, 6) is 0.465. The molecule has 0 aliphatic heterocycles. The predicted octanol–water partition coefficient (Wildman–Crippen LogP) is 2.16. The van der Waals surface area contributed by atoms with Crippen LogP contribution in [0.1, 0.15) is 0 Å². The van der Waals surface area contributed by atoms with E-state index < -0.39 is 0 Å². The summed E-state index contributed by atoms with van der Waals surface area (Å²) in [5, 5.41) is 4.19. The second kappa shape index (κ2) is 10.5. The van der Waals surface area contributed by atoms with Crippen molar-refractivity contribution < 1.29 is 14.3 Å². The summed E-state index contributed by atoms with van der Waals surface area (Å²) < 4.78 is 11.8. The Kier molecular flexibility index (Phi) is 7.94. The molecule has 24 heavy (non-hydrogen) atoms. The maximum absolute atomic E-state index is 11.2. The molecule has 1 atom stereocenters. The van der Waals surface area contributed by atoms with Gasteiger partial charge in [0.25, 0.3) is 0 Å². The zero-order valence-corrected chi connectivity index (χ0v) is 15.3. The first kappa shape index (κ1) is 18.1. The Morgan fingerprint density at radius 1 is 1.12 bits per heavy atom. The molecule has 0 amide bonds. The van der Waals surface area contributed by atoms with Crippen molar-refractivity contribution in [3.05, 3.63) is 72.9 Å². The fourth-order valence-corrected chi connectivity index (χ4v) is 3.85. The molecule has 0 aliphatic carbocycles. The van der Waals surface area contributed by atoms with Gasteiger partial charge in [0.1, 0.15) is 0 Å². The van der Waals surface area contributed by atoms with E-state index in [4.69, 9.17) is 4.74 Å². The first-order valence-electron chi connectivity index (χ1n) is 7.64. The molecule has 0 saturated heterocycles. The summed E-state index contributed by atoms with van der Waals surface area (Å²) in [5.41, 5.74) is 0. The maximum atomic E-state index is 11.2. The molecule has 1 N–H and O–H groups in total. The summed E-state index contributed by atoms with van der Waals surface area (Å²) >= 11 is 0.331. The van der Waals surface area contributed by atoms with Crippen molar-refractivity contribution in [1.82, 2.24) is 5.32 Å². The average molecular weight is 390 g/mol. The van der Waals surface area contributed by atoms with Gasteiger partial charge in [-0.25, -0.2) is 0 Å². The fraction of sp³-hybridized carbons (Fsp3) is 0.211. The molecule has 0 spiro atoms.